The van der Waals surface area contributed by atoms with Gasteiger partial charge in [0.25, 0.3) is 0 Å². The lowest BCUT2D eigenvalue weighted by Crippen LogP contribution is -2.23. The third-order valence-corrected chi connectivity index (χ3v) is 3.27. The number of carbonyl (C=O) groups excluding carboxylic acids is 1. The van der Waals surface area contributed by atoms with Gasteiger partial charge in [-0.15, -0.1) is 0 Å². The lowest BCUT2D eigenvalue weighted by Gasteiger charge is -2.07. The molecule has 1 aromatic carbocycles. The zero-order valence-electron chi connectivity index (χ0n) is 10.6. The van der Waals surface area contributed by atoms with Crippen molar-refractivity contribution < 1.29 is 22.3 Å². The molecule has 8 heteroatoms. The normalized spacial score (nSPS) is 10.3. The van der Waals surface area contributed by atoms with Crippen LogP contribution < -0.4 is 10.5 Å². The number of sulfonamides is 1. The number of esters is 1. The second-order valence-electron chi connectivity index (χ2n) is 3.64. The molecule has 0 spiro atoms. The van der Waals surface area contributed by atoms with Crippen LogP contribution in [0.15, 0.2) is 18.2 Å². The fourth-order valence-electron chi connectivity index (χ4n) is 1.26. The van der Waals surface area contributed by atoms with Gasteiger partial charge in [-0.05, 0) is 18.2 Å². The van der Waals surface area contributed by atoms with E-state index in [9.17, 15) is 17.6 Å². The Morgan fingerprint density at radius 1 is 1.50 bits per heavy atom. The zero-order chi connectivity index (χ0) is 15.2. The molecule has 0 atom stereocenters. The Hall–Kier alpha value is -2.11. The minimum atomic E-state index is -3.94. The van der Waals surface area contributed by atoms with Gasteiger partial charge in [0.05, 0.1) is 24.9 Å². The molecule has 0 aromatic heterocycles. The van der Waals surface area contributed by atoms with E-state index in [1.165, 1.54) is 12.1 Å². The van der Waals surface area contributed by atoms with Crippen molar-refractivity contribution in [2.24, 2.45) is 5.73 Å². The molecule has 0 unspecified atom stereocenters. The molecule has 20 heavy (non-hydrogen) atoms. The number of carbonyl (C=O) groups is 1. The van der Waals surface area contributed by atoms with E-state index in [1.807, 2.05) is 0 Å². The second kappa shape index (κ2) is 6.88. The van der Waals surface area contributed by atoms with Gasteiger partial charge in [-0.3, -0.25) is 9.52 Å². The average molecular weight is 300 g/mol. The van der Waals surface area contributed by atoms with E-state index < -0.39 is 27.6 Å². The number of rotatable bonds is 4. The fourth-order valence-corrected chi connectivity index (χ4v) is 2.24. The summed E-state index contributed by atoms with van der Waals surface area (Å²) in [6, 6.07) is 3.61. The van der Waals surface area contributed by atoms with Crippen LogP contribution in [0.1, 0.15) is 5.56 Å². The van der Waals surface area contributed by atoms with E-state index in [0.29, 0.717) is 0 Å². The Morgan fingerprint density at radius 3 is 2.75 bits per heavy atom. The molecule has 1 aromatic rings. The SMILES string of the molecule is COC(=O)CS(=O)(=O)Nc1ccc(C#CCN)c(F)c1. The highest BCUT2D eigenvalue weighted by Gasteiger charge is 2.17. The molecule has 108 valence electrons. The number of benzene rings is 1. The number of anilines is 1. The molecule has 0 heterocycles. The van der Waals surface area contributed by atoms with Gasteiger partial charge < -0.3 is 10.5 Å². The van der Waals surface area contributed by atoms with Crippen LogP contribution in [0.5, 0.6) is 0 Å². The van der Waals surface area contributed by atoms with Crippen molar-refractivity contribution in [2.45, 2.75) is 0 Å². The lowest BCUT2D eigenvalue weighted by molar-refractivity contribution is -0.137. The van der Waals surface area contributed by atoms with E-state index in [1.54, 1.807) is 0 Å². The number of nitrogens with two attached hydrogens (primary N) is 1. The molecule has 1 rings (SSSR count). The molecule has 3 N–H and O–H groups in total. The molecule has 0 aliphatic carbocycles. The Balaban J connectivity index is 2.89. The molecule has 0 fully saturated rings. The van der Waals surface area contributed by atoms with Gasteiger partial charge in [0, 0.05) is 0 Å². The Bertz CT molecular complexity index is 662. The molecular formula is C12H13FN2O4S. The van der Waals surface area contributed by atoms with Crippen LogP contribution in [0.2, 0.25) is 0 Å². The monoisotopic (exact) mass is 300 g/mol. The van der Waals surface area contributed by atoms with Gasteiger partial charge in [-0.1, -0.05) is 11.8 Å². The van der Waals surface area contributed by atoms with Crippen molar-refractivity contribution >= 4 is 21.7 Å². The predicted molar refractivity (Wildman–Crippen MR) is 71.8 cm³/mol. The Labute approximate surface area is 116 Å². The summed E-state index contributed by atoms with van der Waals surface area (Å²) in [5.41, 5.74) is 5.26. The van der Waals surface area contributed by atoms with Crippen molar-refractivity contribution in [1.29, 1.82) is 0 Å². The molecule has 0 saturated carbocycles. The highest BCUT2D eigenvalue weighted by atomic mass is 32.2. The van der Waals surface area contributed by atoms with Crippen LogP contribution in [-0.2, 0) is 19.6 Å². The van der Waals surface area contributed by atoms with Crippen LogP contribution in [-0.4, -0.2) is 33.8 Å². The second-order valence-corrected chi connectivity index (χ2v) is 5.36. The summed E-state index contributed by atoms with van der Waals surface area (Å²) in [5, 5.41) is 0. The zero-order valence-corrected chi connectivity index (χ0v) is 11.5. The maximum atomic E-state index is 13.6. The highest BCUT2D eigenvalue weighted by Crippen LogP contribution is 2.15. The molecule has 0 bridgehead atoms. The first kappa shape index (κ1) is 15.9. The molecule has 0 amide bonds. The van der Waals surface area contributed by atoms with Crippen LogP contribution in [0, 0.1) is 17.7 Å². The van der Waals surface area contributed by atoms with Crippen LogP contribution in [0.3, 0.4) is 0 Å². The summed E-state index contributed by atoms with van der Waals surface area (Å²) >= 11 is 0. The lowest BCUT2D eigenvalue weighted by atomic mass is 10.2. The molecule has 0 aliphatic heterocycles. The van der Waals surface area contributed by atoms with Crippen molar-refractivity contribution in [2.75, 3.05) is 24.1 Å². The Kier molecular flexibility index (Phi) is 5.49. The van der Waals surface area contributed by atoms with Crippen molar-refractivity contribution in [1.82, 2.24) is 0 Å². The van der Waals surface area contributed by atoms with Gasteiger partial charge in [0.2, 0.25) is 10.0 Å². The number of methoxy groups -OCH3 is 1. The molecule has 6 nitrogen and oxygen atoms in total. The van der Waals surface area contributed by atoms with Gasteiger partial charge in [-0.2, -0.15) is 0 Å². The minimum absolute atomic E-state index is 0.00954. The summed E-state index contributed by atoms with van der Waals surface area (Å²) in [5.74, 6) is 2.54. The smallest absolute Gasteiger partial charge is 0.322 e. The van der Waals surface area contributed by atoms with Gasteiger partial charge in [0.15, 0.2) is 5.75 Å². The third-order valence-electron chi connectivity index (χ3n) is 2.10. The number of hydrogen-bond acceptors (Lipinski definition) is 5. The van der Waals surface area contributed by atoms with E-state index >= 15 is 0 Å². The maximum absolute atomic E-state index is 13.6. The van der Waals surface area contributed by atoms with Crippen molar-refractivity contribution in [3.63, 3.8) is 0 Å². The molecular weight excluding hydrogens is 287 g/mol. The molecule has 0 saturated heterocycles. The Morgan fingerprint density at radius 2 is 2.20 bits per heavy atom. The fraction of sp³-hybridized carbons (Fsp3) is 0.250. The topological polar surface area (TPSA) is 98.5 Å². The van der Waals surface area contributed by atoms with Crippen molar-refractivity contribution in [3.8, 4) is 11.8 Å². The first-order valence-corrected chi connectivity index (χ1v) is 7.09. The van der Waals surface area contributed by atoms with E-state index in [0.717, 1.165) is 13.2 Å². The van der Waals surface area contributed by atoms with Crippen LogP contribution >= 0.6 is 0 Å². The third kappa shape index (κ3) is 4.87. The van der Waals surface area contributed by atoms with Gasteiger partial charge in [0.1, 0.15) is 5.82 Å². The summed E-state index contributed by atoms with van der Waals surface area (Å²) < 4.78 is 43.0. The van der Waals surface area contributed by atoms with Crippen molar-refractivity contribution in [3.05, 3.63) is 29.6 Å². The highest BCUT2D eigenvalue weighted by molar-refractivity contribution is 7.93. The quantitative estimate of drug-likeness (QED) is 0.605. The summed E-state index contributed by atoms with van der Waals surface area (Å²) in [7, 11) is -2.87. The number of hydrogen-bond donors (Lipinski definition) is 2. The first-order valence-electron chi connectivity index (χ1n) is 5.44. The standard InChI is InChI=1S/C12H13FN2O4S/c1-19-12(16)8-20(17,18)15-10-5-4-9(3-2-6-14)11(13)7-10/h4-5,7,15H,6,8,14H2,1H3. The van der Waals surface area contributed by atoms with E-state index in [-0.39, 0.29) is 17.8 Å². The van der Waals surface area contributed by atoms with E-state index in [4.69, 9.17) is 5.73 Å². The largest absolute Gasteiger partial charge is 0.468 e. The summed E-state index contributed by atoms with van der Waals surface area (Å²) in [6.07, 6.45) is 0. The number of nitrogens with one attached hydrogen (secondary N) is 1. The molecule has 0 aliphatic rings. The number of halogens is 1. The maximum Gasteiger partial charge on any atom is 0.322 e. The van der Waals surface area contributed by atoms with Gasteiger partial charge in [-0.25, -0.2) is 12.8 Å². The number of ether oxygens (including phenoxy) is 1. The van der Waals surface area contributed by atoms with Crippen LogP contribution in [0.4, 0.5) is 10.1 Å². The predicted octanol–water partition coefficient (Wildman–Crippen LogP) is 0.0506. The summed E-state index contributed by atoms with van der Waals surface area (Å²) in [6.45, 7) is 0.0902. The van der Waals surface area contributed by atoms with E-state index in [2.05, 4.69) is 21.3 Å². The first-order chi connectivity index (χ1) is 9.38. The molecule has 0 radical (unpaired) electrons. The van der Waals surface area contributed by atoms with Crippen LogP contribution in [0.25, 0.3) is 0 Å². The average Bonchev–Trinajstić information content (AvgIpc) is 2.36. The van der Waals surface area contributed by atoms with Gasteiger partial charge >= 0.3 is 5.97 Å². The summed E-state index contributed by atoms with van der Waals surface area (Å²) in [4.78, 5) is 10.9. The minimum Gasteiger partial charge on any atom is -0.468 e.